The molecular weight excluding hydrogens is 190 g/mol. The molecule has 0 N–H and O–H groups in total. The minimum Gasteiger partial charge on any atom is -0.367 e. The Labute approximate surface area is 90.7 Å². The van der Waals surface area contributed by atoms with E-state index in [-0.39, 0.29) is 5.91 Å². The van der Waals surface area contributed by atoms with E-state index in [2.05, 4.69) is 0 Å². The van der Waals surface area contributed by atoms with Crippen LogP contribution in [0.5, 0.6) is 0 Å². The predicted molar refractivity (Wildman–Crippen MR) is 59.5 cm³/mol. The molecular formula is C12H17NO2. The number of carbonyl (C=O) groups is 1. The van der Waals surface area contributed by atoms with Crippen LogP contribution in [-0.2, 0) is 9.53 Å². The van der Waals surface area contributed by atoms with Crippen LogP contribution in [0, 0.1) is 0 Å². The van der Waals surface area contributed by atoms with Crippen molar-refractivity contribution in [1.82, 2.24) is 4.90 Å². The van der Waals surface area contributed by atoms with Gasteiger partial charge in [0.15, 0.2) is 6.10 Å². The van der Waals surface area contributed by atoms with Gasteiger partial charge in [-0.3, -0.25) is 4.79 Å². The Bertz CT molecular complexity index is 311. The summed E-state index contributed by atoms with van der Waals surface area (Å²) in [7, 11) is 3.33. The molecule has 0 saturated carbocycles. The second kappa shape index (κ2) is 5.51. The lowest BCUT2D eigenvalue weighted by molar-refractivity contribution is -0.140. The molecule has 0 aliphatic heterocycles. The number of rotatable bonds is 4. The summed E-state index contributed by atoms with van der Waals surface area (Å²) >= 11 is 0. The van der Waals surface area contributed by atoms with Crippen LogP contribution in [0.1, 0.15) is 18.6 Å². The summed E-state index contributed by atoms with van der Waals surface area (Å²) in [4.78, 5) is 13.6. The molecule has 3 nitrogen and oxygen atoms in total. The van der Waals surface area contributed by atoms with Gasteiger partial charge in [-0.25, -0.2) is 0 Å². The fourth-order valence-electron chi connectivity index (χ4n) is 1.36. The summed E-state index contributed by atoms with van der Waals surface area (Å²) in [6.07, 6.45) is -0.490. The van der Waals surface area contributed by atoms with Crippen LogP contribution in [0.3, 0.4) is 0 Å². The van der Waals surface area contributed by atoms with Gasteiger partial charge in [0.05, 0.1) is 0 Å². The highest BCUT2D eigenvalue weighted by Crippen LogP contribution is 2.18. The maximum atomic E-state index is 11.9. The molecule has 1 aromatic carbocycles. The van der Waals surface area contributed by atoms with Gasteiger partial charge in [0.2, 0.25) is 0 Å². The first-order chi connectivity index (χ1) is 7.20. The zero-order valence-electron chi connectivity index (χ0n) is 9.43. The number of nitrogens with zero attached hydrogens (tertiary/aromatic N) is 1. The number of likely N-dealkylation sites (N-methyl/N-ethyl adjacent to an activating group) is 1. The Kier molecular flexibility index (Phi) is 4.31. The van der Waals surface area contributed by atoms with Crippen molar-refractivity contribution in [3.63, 3.8) is 0 Å². The third kappa shape index (κ3) is 2.80. The van der Waals surface area contributed by atoms with Crippen LogP contribution in [0.4, 0.5) is 0 Å². The standard InChI is InChI=1S/C12H17NO2/c1-4-13(2)12(14)11(15-3)10-8-6-5-7-9-10/h5-9,11H,4H2,1-3H3. The maximum absolute atomic E-state index is 11.9. The smallest absolute Gasteiger partial charge is 0.256 e. The molecule has 0 aliphatic carbocycles. The highest BCUT2D eigenvalue weighted by atomic mass is 16.5. The molecule has 0 heterocycles. The Balaban J connectivity index is 2.85. The van der Waals surface area contributed by atoms with E-state index < -0.39 is 6.10 Å². The van der Waals surface area contributed by atoms with E-state index in [0.717, 1.165) is 5.56 Å². The van der Waals surface area contributed by atoms with E-state index >= 15 is 0 Å². The van der Waals surface area contributed by atoms with E-state index in [4.69, 9.17) is 4.74 Å². The van der Waals surface area contributed by atoms with Gasteiger partial charge >= 0.3 is 0 Å². The molecule has 1 aromatic rings. The first kappa shape index (κ1) is 11.7. The van der Waals surface area contributed by atoms with Gasteiger partial charge in [-0.15, -0.1) is 0 Å². The topological polar surface area (TPSA) is 29.5 Å². The molecule has 0 bridgehead atoms. The fourth-order valence-corrected chi connectivity index (χ4v) is 1.36. The van der Waals surface area contributed by atoms with Gasteiger partial charge in [-0.05, 0) is 12.5 Å². The van der Waals surface area contributed by atoms with Crippen LogP contribution >= 0.6 is 0 Å². The van der Waals surface area contributed by atoms with Gasteiger partial charge in [-0.2, -0.15) is 0 Å². The Morgan fingerprint density at radius 3 is 2.47 bits per heavy atom. The quantitative estimate of drug-likeness (QED) is 0.754. The van der Waals surface area contributed by atoms with E-state index in [1.807, 2.05) is 37.3 Å². The molecule has 0 aromatic heterocycles. The molecule has 1 rings (SSSR count). The summed E-state index contributed by atoms with van der Waals surface area (Å²) in [6, 6.07) is 9.52. The number of hydrogen-bond acceptors (Lipinski definition) is 2. The molecule has 15 heavy (non-hydrogen) atoms. The summed E-state index contributed by atoms with van der Waals surface area (Å²) in [5.74, 6) is -0.00815. The third-order valence-corrected chi connectivity index (χ3v) is 2.41. The molecule has 1 unspecified atom stereocenters. The number of ether oxygens (including phenoxy) is 1. The largest absolute Gasteiger partial charge is 0.367 e. The van der Waals surface area contributed by atoms with Crippen LogP contribution in [0.15, 0.2) is 30.3 Å². The van der Waals surface area contributed by atoms with Gasteiger partial charge in [-0.1, -0.05) is 30.3 Å². The van der Waals surface area contributed by atoms with E-state index in [0.29, 0.717) is 6.54 Å². The van der Waals surface area contributed by atoms with Crippen molar-refractivity contribution in [3.8, 4) is 0 Å². The van der Waals surface area contributed by atoms with Gasteiger partial charge < -0.3 is 9.64 Å². The van der Waals surface area contributed by atoms with Crippen molar-refractivity contribution < 1.29 is 9.53 Å². The Hall–Kier alpha value is -1.35. The number of benzene rings is 1. The van der Waals surface area contributed by atoms with Gasteiger partial charge in [0, 0.05) is 20.7 Å². The van der Waals surface area contributed by atoms with Crippen molar-refractivity contribution in [2.75, 3.05) is 20.7 Å². The van der Waals surface area contributed by atoms with Crippen molar-refractivity contribution in [2.24, 2.45) is 0 Å². The lowest BCUT2D eigenvalue weighted by Gasteiger charge is -2.21. The van der Waals surface area contributed by atoms with Crippen LogP contribution in [0.25, 0.3) is 0 Å². The second-order valence-corrected chi connectivity index (χ2v) is 3.38. The summed E-state index contributed by atoms with van der Waals surface area (Å²) in [5.41, 5.74) is 0.894. The molecule has 1 atom stereocenters. The lowest BCUT2D eigenvalue weighted by Crippen LogP contribution is -2.32. The zero-order valence-corrected chi connectivity index (χ0v) is 9.43. The minimum atomic E-state index is -0.490. The Morgan fingerprint density at radius 2 is 2.00 bits per heavy atom. The molecule has 0 saturated heterocycles. The van der Waals surface area contributed by atoms with Crippen LogP contribution in [-0.4, -0.2) is 31.5 Å². The molecule has 0 radical (unpaired) electrons. The molecule has 82 valence electrons. The van der Waals surface area contributed by atoms with Crippen molar-refractivity contribution in [1.29, 1.82) is 0 Å². The second-order valence-electron chi connectivity index (χ2n) is 3.38. The zero-order chi connectivity index (χ0) is 11.3. The minimum absolute atomic E-state index is 0.00815. The van der Waals surface area contributed by atoms with Crippen LogP contribution in [0.2, 0.25) is 0 Å². The molecule has 3 heteroatoms. The molecule has 0 aliphatic rings. The normalized spacial score (nSPS) is 12.2. The summed E-state index contributed by atoms with van der Waals surface area (Å²) in [5, 5.41) is 0. The molecule has 1 amide bonds. The van der Waals surface area contributed by atoms with Crippen molar-refractivity contribution >= 4 is 5.91 Å². The highest BCUT2D eigenvalue weighted by molar-refractivity contribution is 5.82. The number of amides is 1. The maximum Gasteiger partial charge on any atom is 0.256 e. The highest BCUT2D eigenvalue weighted by Gasteiger charge is 2.22. The van der Waals surface area contributed by atoms with Gasteiger partial charge in [0.25, 0.3) is 5.91 Å². The van der Waals surface area contributed by atoms with Crippen molar-refractivity contribution in [2.45, 2.75) is 13.0 Å². The van der Waals surface area contributed by atoms with Gasteiger partial charge in [0.1, 0.15) is 0 Å². The van der Waals surface area contributed by atoms with Crippen LogP contribution < -0.4 is 0 Å². The van der Waals surface area contributed by atoms with E-state index in [1.54, 1.807) is 19.1 Å². The fraction of sp³-hybridized carbons (Fsp3) is 0.417. The average molecular weight is 207 g/mol. The Morgan fingerprint density at radius 1 is 1.40 bits per heavy atom. The number of hydrogen-bond donors (Lipinski definition) is 0. The number of methoxy groups -OCH3 is 1. The van der Waals surface area contributed by atoms with Crippen molar-refractivity contribution in [3.05, 3.63) is 35.9 Å². The molecule has 0 spiro atoms. The summed E-state index contributed by atoms with van der Waals surface area (Å²) < 4.78 is 5.23. The summed E-state index contributed by atoms with van der Waals surface area (Å²) in [6.45, 7) is 2.63. The SMILES string of the molecule is CCN(C)C(=O)C(OC)c1ccccc1. The third-order valence-electron chi connectivity index (χ3n) is 2.41. The first-order valence-corrected chi connectivity index (χ1v) is 5.03. The predicted octanol–water partition coefficient (Wildman–Crippen LogP) is 1.85. The number of carbonyl (C=O) groups excluding carboxylic acids is 1. The van der Waals surface area contributed by atoms with E-state index in [9.17, 15) is 4.79 Å². The molecule has 0 fully saturated rings. The average Bonchev–Trinajstić information content (AvgIpc) is 2.30. The lowest BCUT2D eigenvalue weighted by atomic mass is 10.1. The first-order valence-electron chi connectivity index (χ1n) is 5.03. The monoisotopic (exact) mass is 207 g/mol. The van der Waals surface area contributed by atoms with E-state index in [1.165, 1.54) is 0 Å².